The lowest BCUT2D eigenvalue weighted by Gasteiger charge is -2.26. The summed E-state index contributed by atoms with van der Waals surface area (Å²) in [5.74, 6) is 1.45. The molecule has 6 nitrogen and oxygen atoms in total. The lowest BCUT2D eigenvalue weighted by Crippen LogP contribution is -2.33. The van der Waals surface area contributed by atoms with Gasteiger partial charge < -0.3 is 19.0 Å². The number of benzene rings is 10. The highest BCUT2D eigenvalue weighted by Crippen LogP contribution is 2.45. The number of allylic oxidation sites excluding steroid dienone is 1. The average Bonchev–Trinajstić information content (AvgIpc) is 4.14. The maximum Gasteiger partial charge on any atom is 0.159 e. The van der Waals surface area contributed by atoms with Gasteiger partial charge in [0, 0.05) is 66.3 Å². The van der Waals surface area contributed by atoms with Crippen LogP contribution in [0.5, 0.6) is 0 Å². The zero-order valence-electron chi connectivity index (χ0n) is 41.0. The van der Waals surface area contributed by atoms with E-state index in [1.165, 1.54) is 54.7 Å². The Kier molecular flexibility index (Phi) is 9.98. The number of nitrogens with one attached hydrogen (secondary N) is 1. The molecule has 1 aliphatic carbocycles. The maximum absolute atomic E-state index is 5.38. The predicted octanol–water partition coefficient (Wildman–Crippen LogP) is 16.6. The number of nitrogens with zero attached hydrogens (tertiary/aromatic N) is 5. The van der Waals surface area contributed by atoms with E-state index in [9.17, 15) is 0 Å². The van der Waals surface area contributed by atoms with Gasteiger partial charge in [0.25, 0.3) is 0 Å². The van der Waals surface area contributed by atoms with Crippen LogP contribution in [0.15, 0.2) is 259 Å². The highest BCUT2D eigenvalue weighted by atomic mass is 15.2. The first kappa shape index (κ1) is 42.9. The van der Waals surface area contributed by atoms with E-state index in [4.69, 9.17) is 9.98 Å². The second kappa shape index (κ2) is 17.5. The van der Waals surface area contributed by atoms with Gasteiger partial charge in [-0.2, -0.15) is 0 Å². The number of fused-ring (bicyclic) bond motifs is 9. The largest absolute Gasteiger partial charge is 0.344 e. The van der Waals surface area contributed by atoms with Crippen molar-refractivity contribution < 1.29 is 0 Å². The van der Waals surface area contributed by atoms with E-state index in [1.54, 1.807) is 0 Å². The second-order valence-corrected chi connectivity index (χ2v) is 19.7. The molecule has 4 heterocycles. The highest BCUT2D eigenvalue weighted by Gasteiger charge is 2.27. The minimum Gasteiger partial charge on any atom is -0.344 e. The fourth-order valence-corrected chi connectivity index (χ4v) is 12.0. The van der Waals surface area contributed by atoms with Gasteiger partial charge >= 0.3 is 0 Å². The Hall–Kier alpha value is -9.78. The van der Waals surface area contributed by atoms with E-state index >= 15 is 0 Å². The molecule has 0 spiro atoms. The Balaban J connectivity index is 1.04. The molecule has 0 saturated carbocycles. The van der Waals surface area contributed by atoms with Crippen molar-refractivity contribution in [1.29, 1.82) is 0 Å². The first-order valence-electron chi connectivity index (χ1n) is 25.9. The quantitative estimate of drug-likeness (QED) is 0.162. The third kappa shape index (κ3) is 7.02. The van der Waals surface area contributed by atoms with Gasteiger partial charge in [0.15, 0.2) is 5.84 Å². The van der Waals surface area contributed by atoms with Crippen LogP contribution in [0, 0.1) is 0 Å². The normalized spacial score (nSPS) is 14.4. The molecule has 13 aromatic rings. The molecular formula is C69H48N6. The van der Waals surface area contributed by atoms with Crippen LogP contribution in [-0.2, 0) is 6.42 Å². The van der Waals surface area contributed by atoms with Crippen LogP contribution >= 0.6 is 0 Å². The Bertz CT molecular complexity index is 4360. The molecule has 15 rings (SSSR count). The van der Waals surface area contributed by atoms with E-state index in [-0.39, 0.29) is 6.17 Å². The van der Waals surface area contributed by atoms with Crippen LogP contribution in [0.3, 0.4) is 0 Å². The molecule has 3 aromatic heterocycles. The second-order valence-electron chi connectivity index (χ2n) is 19.7. The minimum atomic E-state index is -0.348. The lowest BCUT2D eigenvalue weighted by molar-refractivity contribution is 0.674. The van der Waals surface area contributed by atoms with Crippen LogP contribution < -0.4 is 5.32 Å². The summed E-state index contributed by atoms with van der Waals surface area (Å²) >= 11 is 0. The van der Waals surface area contributed by atoms with E-state index in [0.717, 1.165) is 85.7 Å². The smallest absolute Gasteiger partial charge is 0.159 e. The van der Waals surface area contributed by atoms with E-state index < -0.39 is 0 Å². The van der Waals surface area contributed by atoms with Crippen LogP contribution in [0.2, 0.25) is 0 Å². The van der Waals surface area contributed by atoms with Gasteiger partial charge in [0.05, 0.1) is 33.3 Å². The predicted molar refractivity (Wildman–Crippen MR) is 312 cm³/mol. The molecule has 0 radical (unpaired) electrons. The van der Waals surface area contributed by atoms with Crippen molar-refractivity contribution in [2.45, 2.75) is 19.0 Å². The zero-order valence-corrected chi connectivity index (χ0v) is 41.0. The minimum absolute atomic E-state index is 0.348. The molecule has 0 bridgehead atoms. The standard InChI is InChI=1S/C69H48N6/c1-5-21-45(22-6-1)57-41-49(69-71-67(47-25-9-3-10-26-47)70-68(72-69)48-27-11-4-12-28-48)42-58(46-23-7-2-8-24-46)66(57)75-64-40-38-50(73-60-33-17-13-29-52(60)53-30-14-18-34-61(53)73)43-59(64)56-39-37-51(44-65(56)75)74-62-35-19-15-31-54(62)55-32-16-20-36-63(55)74/h1-15,17-31,33-44,67H,16,32H2,(H,70,71,72). The number of amidine groups is 2. The summed E-state index contributed by atoms with van der Waals surface area (Å²) in [7, 11) is 0. The molecule has 10 aromatic carbocycles. The number of hydrogen-bond donors (Lipinski definition) is 1. The Morgan fingerprint density at radius 2 is 0.920 bits per heavy atom. The van der Waals surface area contributed by atoms with Crippen molar-refractivity contribution in [3.8, 4) is 39.3 Å². The van der Waals surface area contributed by atoms with Gasteiger partial charge in [-0.15, -0.1) is 0 Å². The monoisotopic (exact) mass is 960 g/mol. The summed E-state index contributed by atoms with van der Waals surface area (Å²) in [6, 6.07) is 87.8. The molecule has 0 fully saturated rings. The summed E-state index contributed by atoms with van der Waals surface area (Å²) in [6.45, 7) is 0. The number of aromatic nitrogens is 3. The molecule has 6 heteroatoms. The van der Waals surface area contributed by atoms with Gasteiger partial charge in [-0.1, -0.05) is 188 Å². The van der Waals surface area contributed by atoms with Crippen molar-refractivity contribution >= 4 is 72.3 Å². The summed E-state index contributed by atoms with van der Waals surface area (Å²) in [6.07, 6.45) is 6.36. The van der Waals surface area contributed by atoms with E-state index in [1.807, 2.05) is 6.07 Å². The SMILES string of the molecule is C1=Cc2c(c3ccccc3n2-c2ccc3c4cc(-n5c6ccccc6c6ccccc65)ccc4n(-c4c(-c5ccccc5)cc(C5=NC(c6ccccc6)=NC(c6ccccc6)N5)cc4-c4ccccc4)c3c2)CC1. The van der Waals surface area contributed by atoms with Gasteiger partial charge in [0.1, 0.15) is 12.0 Å². The van der Waals surface area contributed by atoms with E-state index in [0.29, 0.717) is 5.84 Å². The molecule has 0 saturated heterocycles. The zero-order chi connectivity index (χ0) is 49.4. The summed E-state index contributed by atoms with van der Waals surface area (Å²) in [4.78, 5) is 10.6. The van der Waals surface area contributed by atoms with Gasteiger partial charge in [-0.25, -0.2) is 9.98 Å². The maximum atomic E-state index is 5.38. The molecule has 0 amide bonds. The number of aliphatic imine (C=N–C) groups is 2. The molecule has 354 valence electrons. The van der Waals surface area contributed by atoms with Crippen LogP contribution in [-0.4, -0.2) is 25.4 Å². The van der Waals surface area contributed by atoms with Crippen LogP contribution in [0.1, 0.15) is 40.5 Å². The van der Waals surface area contributed by atoms with Gasteiger partial charge in [-0.05, 0) is 102 Å². The van der Waals surface area contributed by atoms with Gasteiger partial charge in [-0.3, -0.25) is 0 Å². The summed E-state index contributed by atoms with van der Waals surface area (Å²) < 4.78 is 7.46. The average molecular weight is 961 g/mol. The molecule has 1 unspecified atom stereocenters. The van der Waals surface area contributed by atoms with Crippen molar-refractivity contribution in [3.05, 3.63) is 277 Å². The first-order chi connectivity index (χ1) is 37.2. The highest BCUT2D eigenvalue weighted by molar-refractivity contribution is 6.16. The number of para-hydroxylation sites is 3. The summed E-state index contributed by atoms with van der Waals surface area (Å²) in [5.41, 5.74) is 19.2. The molecule has 1 aliphatic heterocycles. The van der Waals surface area contributed by atoms with Crippen molar-refractivity contribution in [1.82, 2.24) is 19.0 Å². The topological polar surface area (TPSA) is 51.5 Å². The van der Waals surface area contributed by atoms with Crippen LogP contribution in [0.25, 0.3) is 99.9 Å². The third-order valence-electron chi connectivity index (χ3n) is 15.4. The fourth-order valence-electron chi connectivity index (χ4n) is 12.0. The number of aryl methyl sites for hydroxylation is 1. The summed E-state index contributed by atoms with van der Waals surface area (Å²) in [5, 5.41) is 9.95. The molecule has 2 aliphatic rings. The van der Waals surface area contributed by atoms with Gasteiger partial charge in [0.2, 0.25) is 0 Å². The van der Waals surface area contributed by atoms with Crippen molar-refractivity contribution in [2.24, 2.45) is 9.98 Å². The van der Waals surface area contributed by atoms with Crippen molar-refractivity contribution in [2.75, 3.05) is 0 Å². The van der Waals surface area contributed by atoms with Crippen LogP contribution in [0.4, 0.5) is 0 Å². The molecular weight excluding hydrogens is 913 g/mol. The lowest BCUT2D eigenvalue weighted by atomic mass is 9.92. The Morgan fingerprint density at radius 3 is 1.57 bits per heavy atom. The molecule has 75 heavy (non-hydrogen) atoms. The fraction of sp³-hybridized carbons (Fsp3) is 0.0435. The van der Waals surface area contributed by atoms with E-state index in [2.05, 4.69) is 268 Å². The molecule has 1 N–H and O–H groups in total. The Morgan fingerprint density at radius 1 is 0.400 bits per heavy atom. The third-order valence-corrected chi connectivity index (χ3v) is 15.4. The number of hydrogen-bond acceptors (Lipinski definition) is 3. The molecule has 1 atom stereocenters. The van der Waals surface area contributed by atoms with Crippen molar-refractivity contribution in [3.63, 3.8) is 0 Å². The Labute approximate surface area is 434 Å². The first-order valence-corrected chi connectivity index (χ1v) is 25.9. The number of rotatable bonds is 8.